The lowest BCUT2D eigenvalue weighted by Gasteiger charge is -1.32. The fourth-order valence-electron chi connectivity index (χ4n) is 0. The summed E-state index contributed by atoms with van der Waals surface area (Å²) in [4.78, 5) is 17.2. The van der Waals surface area contributed by atoms with E-state index in [2.05, 4.69) is 11.5 Å². The highest BCUT2D eigenvalue weighted by Crippen LogP contribution is 0.801. The van der Waals surface area contributed by atoms with Gasteiger partial charge in [0.1, 0.15) is 0 Å². The Morgan fingerprint density at radius 3 is 0.875 bits per heavy atom. The van der Waals surface area contributed by atoms with Crippen molar-refractivity contribution >= 4 is 12.8 Å². The third kappa shape index (κ3) is 55.7. The summed E-state index contributed by atoms with van der Waals surface area (Å²) in [6, 6.07) is 0. The van der Waals surface area contributed by atoms with Crippen LogP contribution in [-0.2, 0) is 9.59 Å². The van der Waals surface area contributed by atoms with Crippen LogP contribution in [-0.4, -0.2) is 12.8 Å². The Bertz CT molecular complexity index is 33.0. The number of amides is 2. The van der Waals surface area contributed by atoms with Crippen LogP contribution in [0.4, 0.5) is 0 Å². The summed E-state index contributed by atoms with van der Waals surface area (Å²) in [6.07, 6.45) is 0.500. The van der Waals surface area contributed by atoms with Gasteiger partial charge in [0, 0.05) is 0 Å². The molecule has 0 spiro atoms. The summed E-state index contributed by atoms with van der Waals surface area (Å²) in [6.45, 7) is 0. The smallest absolute Gasteiger partial charge is 0.204 e. The van der Waals surface area contributed by atoms with Gasteiger partial charge < -0.3 is 23.8 Å². The number of hydrogen-bond acceptors (Lipinski definition) is 4. The second-order valence-corrected chi connectivity index (χ2v) is 0.272. The first kappa shape index (κ1) is 28.8. The zero-order chi connectivity index (χ0) is 5.41. The van der Waals surface area contributed by atoms with Crippen molar-refractivity contribution < 1.29 is 9.59 Å². The van der Waals surface area contributed by atoms with Crippen LogP contribution in [0.1, 0.15) is 0 Å². The van der Waals surface area contributed by atoms with Crippen LogP contribution in [0, 0.1) is 0 Å². The van der Waals surface area contributed by atoms with Crippen molar-refractivity contribution in [3.63, 3.8) is 0 Å². The summed E-state index contributed by atoms with van der Waals surface area (Å²) in [7, 11) is 0. The molecule has 0 atom stereocenters. The first-order valence-electron chi connectivity index (χ1n) is 1.14. The molecule has 0 heterocycles. The number of carbonyl (C=O) groups excluding carboxylic acids is 2. The molecule has 0 saturated heterocycles. The molecule has 0 unspecified atom stereocenters. The number of hydrogen-bond donors (Lipinski definition) is 4. The quantitative estimate of drug-likeness (QED) is 0.290. The van der Waals surface area contributed by atoms with Crippen LogP contribution >= 0.6 is 0 Å². The van der Waals surface area contributed by atoms with E-state index in [9.17, 15) is 0 Å². The molecule has 0 aromatic heterocycles. The summed E-state index contributed by atoms with van der Waals surface area (Å²) in [5.74, 6) is 0. The first-order chi connectivity index (χ1) is 2.83. The lowest BCUT2D eigenvalue weighted by molar-refractivity contribution is -0.107. The minimum Gasteiger partial charge on any atom is -0.372 e. The largest absolute Gasteiger partial charge is 0.372 e. The SMILES string of the molecule is N.N.NC=O.NC=O. The van der Waals surface area contributed by atoms with Gasteiger partial charge in [0.25, 0.3) is 0 Å². The van der Waals surface area contributed by atoms with Crippen molar-refractivity contribution in [2.24, 2.45) is 11.5 Å². The molecule has 0 rings (SSSR count). The van der Waals surface area contributed by atoms with Crippen LogP contribution in [0.2, 0.25) is 0 Å². The van der Waals surface area contributed by atoms with Gasteiger partial charge in [0.2, 0.25) is 12.8 Å². The maximum atomic E-state index is 8.58. The van der Waals surface area contributed by atoms with E-state index in [1.54, 1.807) is 0 Å². The van der Waals surface area contributed by atoms with Gasteiger partial charge in [-0.3, -0.25) is 9.59 Å². The Labute approximate surface area is 47.4 Å². The van der Waals surface area contributed by atoms with Gasteiger partial charge in [-0.05, 0) is 0 Å². The Balaban J connectivity index is -0.0000000160. The Kier molecular flexibility index (Phi) is 674. The molecular formula is C2H12N4O2. The molecule has 2 amide bonds. The highest BCUT2D eigenvalue weighted by molar-refractivity contribution is 5.42. The molecule has 10 N–H and O–H groups in total. The fraction of sp³-hybridized carbons (Fsp3) is 0. The van der Waals surface area contributed by atoms with E-state index in [-0.39, 0.29) is 25.1 Å². The van der Waals surface area contributed by atoms with Crippen molar-refractivity contribution in [3.8, 4) is 0 Å². The predicted octanol–water partition coefficient (Wildman–Crippen LogP) is -1.47. The molecule has 0 radical (unpaired) electrons. The van der Waals surface area contributed by atoms with Gasteiger partial charge in [-0.15, -0.1) is 0 Å². The summed E-state index contributed by atoms with van der Waals surface area (Å²) < 4.78 is 0. The van der Waals surface area contributed by atoms with E-state index < -0.39 is 0 Å². The third-order valence-electron chi connectivity index (χ3n) is 0. The summed E-state index contributed by atoms with van der Waals surface area (Å²) in [5.41, 5.74) is 8.33. The van der Waals surface area contributed by atoms with Crippen LogP contribution < -0.4 is 23.8 Å². The molecule has 0 fully saturated rings. The summed E-state index contributed by atoms with van der Waals surface area (Å²) >= 11 is 0. The van der Waals surface area contributed by atoms with Crippen LogP contribution in [0.25, 0.3) is 0 Å². The molecule has 0 saturated carbocycles. The highest BCUT2D eigenvalue weighted by Gasteiger charge is 1.19. The lowest BCUT2D eigenvalue weighted by Crippen LogP contribution is -1.82. The van der Waals surface area contributed by atoms with E-state index in [1.165, 1.54) is 0 Å². The first-order valence-corrected chi connectivity index (χ1v) is 1.14. The van der Waals surface area contributed by atoms with E-state index in [0.717, 1.165) is 0 Å². The molecule has 52 valence electrons. The summed E-state index contributed by atoms with van der Waals surface area (Å²) in [5, 5.41) is 0. The van der Waals surface area contributed by atoms with Crippen LogP contribution in [0.15, 0.2) is 0 Å². The number of rotatable bonds is 0. The van der Waals surface area contributed by atoms with Gasteiger partial charge in [-0.1, -0.05) is 0 Å². The molecule has 0 aromatic carbocycles. The molecule has 0 aliphatic heterocycles. The van der Waals surface area contributed by atoms with Crippen LogP contribution in [0.3, 0.4) is 0 Å². The number of primary amides is 2. The van der Waals surface area contributed by atoms with Crippen LogP contribution in [0.5, 0.6) is 0 Å². The predicted molar refractivity (Wildman–Crippen MR) is 30.5 cm³/mol. The average molecular weight is 124 g/mol. The molecule has 6 nitrogen and oxygen atoms in total. The van der Waals surface area contributed by atoms with Crippen molar-refractivity contribution in [2.75, 3.05) is 0 Å². The van der Waals surface area contributed by atoms with Gasteiger partial charge in [0.15, 0.2) is 0 Å². The zero-order valence-electron chi connectivity index (χ0n) is 4.54. The zero-order valence-corrected chi connectivity index (χ0v) is 4.54. The topological polar surface area (TPSA) is 156 Å². The number of carbonyl (C=O) groups is 2. The molecule has 8 heavy (non-hydrogen) atoms. The fourth-order valence-corrected chi connectivity index (χ4v) is 0. The molecule has 0 bridgehead atoms. The third-order valence-corrected chi connectivity index (χ3v) is 0. The van der Waals surface area contributed by atoms with E-state index in [0.29, 0.717) is 0 Å². The lowest BCUT2D eigenvalue weighted by atomic mass is 11.5. The maximum Gasteiger partial charge on any atom is 0.204 e. The van der Waals surface area contributed by atoms with E-state index >= 15 is 0 Å². The Hall–Kier alpha value is -1.14. The Morgan fingerprint density at radius 1 is 0.875 bits per heavy atom. The van der Waals surface area contributed by atoms with Gasteiger partial charge in [0.05, 0.1) is 0 Å². The van der Waals surface area contributed by atoms with Gasteiger partial charge in [-0.2, -0.15) is 0 Å². The molecule has 0 aromatic rings. The number of nitrogens with two attached hydrogens (primary N) is 2. The Morgan fingerprint density at radius 2 is 0.875 bits per heavy atom. The normalized spacial score (nSPS) is 3.00. The highest BCUT2D eigenvalue weighted by atomic mass is 16.1. The van der Waals surface area contributed by atoms with Crippen molar-refractivity contribution in [1.29, 1.82) is 0 Å². The molecule has 6 heteroatoms. The van der Waals surface area contributed by atoms with E-state index in [1.807, 2.05) is 0 Å². The molecule has 0 aliphatic rings. The standard InChI is InChI=1S/2CH3NO.2H3N/c2*2-1-3;;/h2*1H,(H2,2,3);2*1H3. The second-order valence-electron chi connectivity index (χ2n) is 0.272. The minimum atomic E-state index is 0. The monoisotopic (exact) mass is 124 g/mol. The van der Waals surface area contributed by atoms with Gasteiger partial charge in [-0.25, -0.2) is 0 Å². The van der Waals surface area contributed by atoms with Crippen molar-refractivity contribution in [3.05, 3.63) is 0 Å². The minimum absolute atomic E-state index is 0. The van der Waals surface area contributed by atoms with Crippen molar-refractivity contribution in [2.45, 2.75) is 0 Å². The van der Waals surface area contributed by atoms with Crippen molar-refractivity contribution in [1.82, 2.24) is 12.3 Å². The molecule has 0 aliphatic carbocycles. The molecular weight excluding hydrogens is 112 g/mol. The second kappa shape index (κ2) is 187. The van der Waals surface area contributed by atoms with Gasteiger partial charge >= 0.3 is 0 Å². The average Bonchev–Trinajstić information content (AvgIpc) is 1.39. The van der Waals surface area contributed by atoms with E-state index in [4.69, 9.17) is 9.59 Å². The maximum absolute atomic E-state index is 8.58.